The van der Waals surface area contributed by atoms with Gasteiger partial charge in [-0.25, -0.2) is 4.68 Å². The first kappa shape index (κ1) is 21.3. The second-order valence-electron chi connectivity index (χ2n) is 6.73. The molecule has 1 aromatic heterocycles. The Labute approximate surface area is 178 Å². The number of hydrogen-bond acceptors (Lipinski definition) is 5. The van der Waals surface area contributed by atoms with Crippen molar-refractivity contribution >= 4 is 23.2 Å². The van der Waals surface area contributed by atoms with Crippen LogP contribution in [0.25, 0.3) is 0 Å². The van der Waals surface area contributed by atoms with Crippen LogP contribution >= 0.6 is 11.6 Å². The van der Waals surface area contributed by atoms with Crippen LogP contribution in [0.5, 0.6) is 5.75 Å². The molecule has 0 spiro atoms. The maximum absolute atomic E-state index is 12.6. The summed E-state index contributed by atoms with van der Waals surface area (Å²) in [5, 5.41) is 18.1. The van der Waals surface area contributed by atoms with Crippen molar-refractivity contribution in [2.24, 2.45) is 0 Å². The molecule has 1 amide bonds. The Morgan fingerprint density at radius 2 is 2.00 bits per heavy atom. The van der Waals surface area contributed by atoms with Gasteiger partial charge in [0.25, 0.3) is 11.6 Å². The number of carbonyl (C=O) groups is 1. The molecule has 3 rings (SSSR count). The minimum atomic E-state index is -0.534. The third-order valence-corrected chi connectivity index (χ3v) is 4.84. The second-order valence-corrected chi connectivity index (χ2v) is 7.14. The summed E-state index contributed by atoms with van der Waals surface area (Å²) in [5.41, 5.74) is 2.34. The van der Waals surface area contributed by atoms with E-state index in [1.54, 1.807) is 12.3 Å². The van der Waals surface area contributed by atoms with E-state index in [-0.39, 0.29) is 40.8 Å². The van der Waals surface area contributed by atoms with Crippen LogP contribution in [-0.2, 0) is 6.73 Å². The predicted molar refractivity (Wildman–Crippen MR) is 113 cm³/mol. The standard InChI is InChI=1S/C21H21ClN4O4/c1-3-18(15-6-4-14(2)5-7-15)23-21(27)19-10-11-25(24-19)13-30-20-9-8-16(26(28)29)12-17(20)22/h4-12,18H,3,13H2,1-2H3,(H,23,27). The molecule has 1 atom stereocenters. The zero-order chi connectivity index (χ0) is 21.7. The highest BCUT2D eigenvalue weighted by Crippen LogP contribution is 2.28. The van der Waals surface area contributed by atoms with Crippen molar-refractivity contribution in [1.29, 1.82) is 0 Å². The van der Waals surface area contributed by atoms with E-state index < -0.39 is 4.92 Å². The summed E-state index contributed by atoms with van der Waals surface area (Å²) >= 11 is 6.01. The molecule has 1 heterocycles. The minimum absolute atomic E-state index is 0.0000204. The van der Waals surface area contributed by atoms with Gasteiger partial charge in [-0.05, 0) is 31.0 Å². The van der Waals surface area contributed by atoms with Gasteiger partial charge < -0.3 is 10.1 Å². The number of nitro groups is 1. The molecule has 9 heteroatoms. The van der Waals surface area contributed by atoms with Crippen LogP contribution in [-0.4, -0.2) is 20.6 Å². The summed E-state index contributed by atoms with van der Waals surface area (Å²) < 4.78 is 6.99. The molecule has 0 bridgehead atoms. The molecular weight excluding hydrogens is 408 g/mol. The van der Waals surface area contributed by atoms with Crippen LogP contribution in [0, 0.1) is 17.0 Å². The Morgan fingerprint density at radius 3 is 2.63 bits per heavy atom. The second kappa shape index (κ2) is 9.41. The van der Waals surface area contributed by atoms with Gasteiger partial charge in [0.15, 0.2) is 6.73 Å². The van der Waals surface area contributed by atoms with E-state index in [9.17, 15) is 14.9 Å². The molecule has 1 unspecified atom stereocenters. The summed E-state index contributed by atoms with van der Waals surface area (Å²) in [4.78, 5) is 22.8. The highest BCUT2D eigenvalue weighted by Gasteiger charge is 2.16. The van der Waals surface area contributed by atoms with E-state index in [4.69, 9.17) is 16.3 Å². The number of hydrogen-bond donors (Lipinski definition) is 1. The van der Waals surface area contributed by atoms with Crippen molar-refractivity contribution in [1.82, 2.24) is 15.1 Å². The van der Waals surface area contributed by atoms with Crippen molar-refractivity contribution in [3.63, 3.8) is 0 Å². The number of carbonyl (C=O) groups excluding carboxylic acids is 1. The summed E-state index contributed by atoms with van der Waals surface area (Å²) in [6.45, 7) is 4.02. The molecule has 8 nitrogen and oxygen atoms in total. The van der Waals surface area contributed by atoms with E-state index in [1.807, 2.05) is 38.1 Å². The molecule has 0 saturated carbocycles. The summed E-state index contributed by atoms with van der Waals surface area (Å²) in [7, 11) is 0. The van der Waals surface area contributed by atoms with Gasteiger partial charge in [-0.1, -0.05) is 48.4 Å². The zero-order valence-corrected chi connectivity index (χ0v) is 17.3. The molecule has 2 aromatic carbocycles. The lowest BCUT2D eigenvalue weighted by Crippen LogP contribution is -2.28. The lowest BCUT2D eigenvalue weighted by molar-refractivity contribution is -0.384. The first-order valence-corrected chi connectivity index (χ1v) is 9.72. The predicted octanol–water partition coefficient (Wildman–Crippen LogP) is 4.67. The van der Waals surface area contributed by atoms with Crippen LogP contribution in [0.15, 0.2) is 54.7 Å². The Morgan fingerprint density at radius 1 is 1.27 bits per heavy atom. The minimum Gasteiger partial charge on any atom is -0.470 e. The summed E-state index contributed by atoms with van der Waals surface area (Å²) in [5.74, 6) is 0.00345. The first-order chi connectivity index (χ1) is 14.4. The molecule has 0 aliphatic rings. The number of nitro benzene ring substituents is 1. The number of halogens is 1. The van der Waals surface area contributed by atoms with Crippen LogP contribution < -0.4 is 10.1 Å². The van der Waals surface area contributed by atoms with E-state index >= 15 is 0 Å². The van der Waals surface area contributed by atoms with Crippen LogP contribution in [0.1, 0.15) is 41.0 Å². The Hall–Kier alpha value is -3.39. The molecule has 0 fully saturated rings. The number of nitrogens with zero attached hydrogens (tertiary/aromatic N) is 3. The quantitative estimate of drug-likeness (QED) is 0.415. The molecule has 156 valence electrons. The number of amides is 1. The van der Waals surface area contributed by atoms with E-state index in [2.05, 4.69) is 10.4 Å². The Kier molecular flexibility index (Phi) is 6.68. The van der Waals surface area contributed by atoms with Crippen molar-refractivity contribution in [2.45, 2.75) is 33.0 Å². The van der Waals surface area contributed by atoms with Crippen LogP contribution in [0.3, 0.4) is 0 Å². The number of ether oxygens (including phenoxy) is 1. The molecule has 1 N–H and O–H groups in total. The van der Waals surface area contributed by atoms with E-state index in [1.165, 1.54) is 22.9 Å². The number of non-ortho nitro benzene ring substituents is 1. The number of nitrogens with one attached hydrogen (secondary N) is 1. The van der Waals surface area contributed by atoms with Crippen molar-refractivity contribution in [3.8, 4) is 5.75 Å². The van der Waals surface area contributed by atoms with Gasteiger partial charge in [0.05, 0.1) is 16.0 Å². The van der Waals surface area contributed by atoms with Gasteiger partial charge >= 0.3 is 0 Å². The largest absolute Gasteiger partial charge is 0.470 e. The van der Waals surface area contributed by atoms with Gasteiger partial charge in [-0.15, -0.1) is 0 Å². The number of aromatic nitrogens is 2. The van der Waals surface area contributed by atoms with Crippen LogP contribution in [0.4, 0.5) is 5.69 Å². The van der Waals surface area contributed by atoms with Gasteiger partial charge in [0.1, 0.15) is 11.4 Å². The molecule has 0 aliphatic heterocycles. The molecular formula is C21H21ClN4O4. The third-order valence-electron chi connectivity index (χ3n) is 4.55. The average Bonchev–Trinajstić information content (AvgIpc) is 3.21. The normalized spacial score (nSPS) is 11.7. The lowest BCUT2D eigenvalue weighted by atomic mass is 10.0. The fourth-order valence-corrected chi connectivity index (χ4v) is 3.09. The van der Waals surface area contributed by atoms with Crippen molar-refractivity contribution < 1.29 is 14.5 Å². The Bertz CT molecular complexity index is 1050. The molecule has 3 aromatic rings. The SMILES string of the molecule is CCC(NC(=O)c1ccn(COc2ccc([N+](=O)[O-])cc2Cl)n1)c1ccc(C)cc1. The third kappa shape index (κ3) is 5.15. The monoisotopic (exact) mass is 428 g/mol. The highest BCUT2D eigenvalue weighted by atomic mass is 35.5. The summed E-state index contributed by atoms with van der Waals surface area (Å²) in [6, 6.07) is 13.5. The average molecular weight is 429 g/mol. The van der Waals surface area contributed by atoms with Crippen molar-refractivity contribution in [3.05, 3.63) is 86.7 Å². The Balaban J connectivity index is 1.62. The maximum Gasteiger partial charge on any atom is 0.272 e. The van der Waals surface area contributed by atoms with Gasteiger partial charge in [0.2, 0.25) is 0 Å². The molecule has 0 saturated heterocycles. The topological polar surface area (TPSA) is 99.3 Å². The van der Waals surface area contributed by atoms with E-state index in [0.717, 1.165) is 17.5 Å². The molecule has 0 radical (unpaired) electrons. The number of rotatable bonds is 8. The maximum atomic E-state index is 12.6. The zero-order valence-electron chi connectivity index (χ0n) is 16.5. The first-order valence-electron chi connectivity index (χ1n) is 9.35. The van der Waals surface area contributed by atoms with Crippen LogP contribution in [0.2, 0.25) is 5.02 Å². The summed E-state index contributed by atoms with van der Waals surface area (Å²) in [6.07, 6.45) is 2.36. The lowest BCUT2D eigenvalue weighted by Gasteiger charge is -2.17. The van der Waals surface area contributed by atoms with Gasteiger partial charge in [-0.3, -0.25) is 14.9 Å². The highest BCUT2D eigenvalue weighted by molar-refractivity contribution is 6.32. The van der Waals surface area contributed by atoms with Crippen molar-refractivity contribution in [2.75, 3.05) is 0 Å². The van der Waals surface area contributed by atoms with E-state index in [0.29, 0.717) is 0 Å². The fourth-order valence-electron chi connectivity index (χ4n) is 2.86. The van der Waals surface area contributed by atoms with Gasteiger partial charge in [-0.2, -0.15) is 5.10 Å². The smallest absolute Gasteiger partial charge is 0.272 e. The molecule has 30 heavy (non-hydrogen) atoms. The fraction of sp³-hybridized carbons (Fsp3) is 0.238. The number of aryl methyl sites for hydroxylation is 1. The number of benzene rings is 2. The molecule has 0 aliphatic carbocycles. The van der Waals surface area contributed by atoms with Gasteiger partial charge in [0, 0.05) is 18.3 Å².